The first kappa shape index (κ1) is 20.3. The summed E-state index contributed by atoms with van der Waals surface area (Å²) in [6.07, 6.45) is -10.2. The molecular weight excluding hydrogens is 368 g/mol. The third kappa shape index (κ3) is 5.03. The van der Waals surface area contributed by atoms with Gasteiger partial charge in [-0.1, -0.05) is 0 Å². The van der Waals surface area contributed by atoms with Crippen molar-refractivity contribution >= 4 is 5.91 Å². The molecule has 1 aliphatic rings. The standard InChI is InChI=1S/C16H17F6NO3/c1-9-7-25-10(2)6-23(9)14(24)8-26-13-4-11(15(17,18)19)3-12(5-13)16(20,21)22/h3-5,9-10H,6-8H2,1-2H3. The van der Waals surface area contributed by atoms with Crippen LogP contribution in [0.1, 0.15) is 25.0 Å². The Balaban J connectivity index is 2.17. The minimum atomic E-state index is -4.97. The Bertz CT molecular complexity index is 626. The summed E-state index contributed by atoms with van der Waals surface area (Å²) in [6, 6.07) is 0.608. The van der Waals surface area contributed by atoms with Crippen molar-refractivity contribution in [2.24, 2.45) is 0 Å². The van der Waals surface area contributed by atoms with Gasteiger partial charge in [0, 0.05) is 6.54 Å². The number of alkyl halides is 6. The summed E-state index contributed by atoms with van der Waals surface area (Å²) in [5.74, 6) is -1.21. The molecule has 1 heterocycles. The highest BCUT2D eigenvalue weighted by molar-refractivity contribution is 5.78. The number of morpholine rings is 1. The predicted octanol–water partition coefficient (Wildman–Crippen LogP) is 3.74. The molecule has 26 heavy (non-hydrogen) atoms. The molecule has 1 aromatic carbocycles. The van der Waals surface area contributed by atoms with Crippen molar-refractivity contribution < 1.29 is 40.6 Å². The molecule has 10 heteroatoms. The van der Waals surface area contributed by atoms with Gasteiger partial charge in [0.15, 0.2) is 6.61 Å². The number of benzene rings is 1. The van der Waals surface area contributed by atoms with Crippen LogP contribution < -0.4 is 4.74 Å². The summed E-state index contributed by atoms with van der Waals surface area (Å²) in [6.45, 7) is 3.34. The first-order chi connectivity index (χ1) is 11.9. The summed E-state index contributed by atoms with van der Waals surface area (Å²) in [5.41, 5.74) is -2.99. The van der Waals surface area contributed by atoms with Gasteiger partial charge in [-0.25, -0.2) is 0 Å². The van der Waals surface area contributed by atoms with Crippen LogP contribution in [0, 0.1) is 0 Å². The van der Waals surface area contributed by atoms with Crippen LogP contribution in [0.5, 0.6) is 5.75 Å². The summed E-state index contributed by atoms with van der Waals surface area (Å²) < 4.78 is 87.1. The van der Waals surface area contributed by atoms with E-state index in [-0.39, 0.29) is 31.4 Å². The highest BCUT2D eigenvalue weighted by atomic mass is 19.4. The molecule has 0 N–H and O–H groups in total. The van der Waals surface area contributed by atoms with E-state index in [1.807, 2.05) is 0 Å². The molecule has 0 saturated carbocycles. The van der Waals surface area contributed by atoms with Crippen LogP contribution in [0.3, 0.4) is 0 Å². The second kappa shape index (κ2) is 7.34. The Morgan fingerprint density at radius 2 is 1.65 bits per heavy atom. The van der Waals surface area contributed by atoms with Gasteiger partial charge in [-0.15, -0.1) is 0 Å². The molecule has 4 nitrogen and oxygen atoms in total. The van der Waals surface area contributed by atoms with E-state index in [9.17, 15) is 31.1 Å². The SMILES string of the molecule is CC1CN(C(=O)COc2cc(C(F)(F)F)cc(C(F)(F)F)c2)C(C)CO1. The Morgan fingerprint density at radius 3 is 2.15 bits per heavy atom. The minimum Gasteiger partial charge on any atom is -0.484 e. The van der Waals surface area contributed by atoms with Crippen LogP contribution in [0.15, 0.2) is 18.2 Å². The molecule has 1 aliphatic heterocycles. The van der Waals surface area contributed by atoms with E-state index >= 15 is 0 Å². The zero-order chi connectivity index (χ0) is 19.7. The molecule has 0 spiro atoms. The minimum absolute atomic E-state index is 0.000407. The lowest BCUT2D eigenvalue weighted by atomic mass is 10.1. The fourth-order valence-electron chi connectivity index (χ4n) is 2.49. The van der Waals surface area contributed by atoms with E-state index in [2.05, 4.69) is 0 Å². The molecule has 2 atom stereocenters. The van der Waals surface area contributed by atoms with Crippen molar-refractivity contribution in [1.82, 2.24) is 4.90 Å². The van der Waals surface area contributed by atoms with E-state index in [1.54, 1.807) is 13.8 Å². The smallest absolute Gasteiger partial charge is 0.416 e. The number of carbonyl (C=O) groups is 1. The highest BCUT2D eigenvalue weighted by Crippen LogP contribution is 2.38. The summed E-state index contributed by atoms with van der Waals surface area (Å²) in [4.78, 5) is 13.6. The average molecular weight is 385 g/mol. The van der Waals surface area contributed by atoms with Crippen LogP contribution >= 0.6 is 0 Å². The topological polar surface area (TPSA) is 38.8 Å². The first-order valence-electron chi connectivity index (χ1n) is 7.71. The summed E-state index contributed by atoms with van der Waals surface area (Å²) in [7, 11) is 0. The predicted molar refractivity (Wildman–Crippen MR) is 78.5 cm³/mol. The second-order valence-corrected chi connectivity index (χ2v) is 6.07. The fraction of sp³-hybridized carbons (Fsp3) is 0.562. The molecule has 1 amide bonds. The molecule has 2 rings (SSSR count). The molecule has 1 fully saturated rings. The van der Waals surface area contributed by atoms with Crippen LogP contribution in [-0.4, -0.2) is 42.7 Å². The van der Waals surface area contributed by atoms with Crippen molar-refractivity contribution in [2.45, 2.75) is 38.3 Å². The Kier molecular flexibility index (Phi) is 5.74. The van der Waals surface area contributed by atoms with Gasteiger partial charge in [-0.2, -0.15) is 26.3 Å². The maximum absolute atomic E-state index is 12.8. The summed E-state index contributed by atoms with van der Waals surface area (Å²) >= 11 is 0. The number of ether oxygens (including phenoxy) is 2. The highest BCUT2D eigenvalue weighted by Gasteiger charge is 2.37. The van der Waals surface area contributed by atoms with Crippen molar-refractivity contribution in [3.05, 3.63) is 29.3 Å². The second-order valence-electron chi connectivity index (χ2n) is 6.07. The van der Waals surface area contributed by atoms with Crippen molar-refractivity contribution in [3.63, 3.8) is 0 Å². The lowest BCUT2D eigenvalue weighted by molar-refractivity contribution is -0.145. The van der Waals surface area contributed by atoms with Crippen LogP contribution in [0.2, 0.25) is 0 Å². The first-order valence-corrected chi connectivity index (χ1v) is 7.71. The van der Waals surface area contributed by atoms with Crippen molar-refractivity contribution in [1.29, 1.82) is 0 Å². The molecule has 0 aromatic heterocycles. The Labute approximate surface area is 145 Å². The van der Waals surface area contributed by atoms with E-state index in [0.29, 0.717) is 12.1 Å². The number of rotatable bonds is 3. The normalized spacial score (nSPS) is 21.6. The number of nitrogens with zero attached hydrogens (tertiary/aromatic N) is 1. The number of hydrogen-bond acceptors (Lipinski definition) is 3. The lowest BCUT2D eigenvalue weighted by Crippen LogP contribution is -2.51. The monoisotopic (exact) mass is 385 g/mol. The van der Waals surface area contributed by atoms with Gasteiger partial charge >= 0.3 is 12.4 Å². The third-order valence-electron chi connectivity index (χ3n) is 3.85. The quantitative estimate of drug-likeness (QED) is 0.745. The maximum Gasteiger partial charge on any atom is 0.416 e. The summed E-state index contributed by atoms with van der Waals surface area (Å²) in [5, 5.41) is 0. The van der Waals surface area contributed by atoms with E-state index in [0.717, 1.165) is 0 Å². The van der Waals surface area contributed by atoms with Crippen molar-refractivity contribution in [2.75, 3.05) is 19.8 Å². The molecule has 1 aromatic rings. The maximum atomic E-state index is 12.8. The van der Waals surface area contributed by atoms with Gasteiger partial charge in [0.1, 0.15) is 5.75 Å². The Morgan fingerprint density at radius 1 is 1.12 bits per heavy atom. The number of hydrogen-bond donors (Lipinski definition) is 0. The average Bonchev–Trinajstić information content (AvgIpc) is 2.53. The fourth-order valence-corrected chi connectivity index (χ4v) is 2.49. The van der Waals surface area contributed by atoms with Crippen LogP contribution in [0.4, 0.5) is 26.3 Å². The molecule has 2 unspecified atom stereocenters. The van der Waals surface area contributed by atoms with Gasteiger partial charge in [0.25, 0.3) is 5.91 Å². The van der Waals surface area contributed by atoms with Crippen LogP contribution in [-0.2, 0) is 21.9 Å². The van der Waals surface area contributed by atoms with Gasteiger partial charge < -0.3 is 14.4 Å². The molecule has 0 radical (unpaired) electrons. The molecule has 0 bridgehead atoms. The number of amides is 1. The van der Waals surface area contributed by atoms with Gasteiger partial charge in [0.05, 0.1) is 29.9 Å². The van der Waals surface area contributed by atoms with Crippen LogP contribution in [0.25, 0.3) is 0 Å². The van der Waals surface area contributed by atoms with Crippen molar-refractivity contribution in [3.8, 4) is 5.75 Å². The van der Waals surface area contributed by atoms with Gasteiger partial charge in [-0.05, 0) is 32.0 Å². The number of halogens is 6. The lowest BCUT2D eigenvalue weighted by Gasteiger charge is -2.36. The Hall–Kier alpha value is -1.97. The molecular formula is C16H17F6NO3. The zero-order valence-corrected chi connectivity index (χ0v) is 13.9. The zero-order valence-electron chi connectivity index (χ0n) is 13.9. The number of carbonyl (C=O) groups excluding carboxylic acids is 1. The molecule has 1 saturated heterocycles. The van der Waals surface area contributed by atoms with E-state index in [4.69, 9.17) is 9.47 Å². The molecule has 0 aliphatic carbocycles. The van der Waals surface area contributed by atoms with Gasteiger partial charge in [-0.3, -0.25) is 4.79 Å². The largest absolute Gasteiger partial charge is 0.484 e. The van der Waals surface area contributed by atoms with E-state index in [1.165, 1.54) is 4.90 Å². The van der Waals surface area contributed by atoms with Gasteiger partial charge in [0.2, 0.25) is 0 Å². The molecule has 146 valence electrons. The third-order valence-corrected chi connectivity index (χ3v) is 3.85. The van der Waals surface area contributed by atoms with E-state index < -0.39 is 41.7 Å².